The maximum absolute atomic E-state index is 13.3. The van der Waals surface area contributed by atoms with Gasteiger partial charge in [-0.3, -0.25) is 19.1 Å². The summed E-state index contributed by atoms with van der Waals surface area (Å²) in [5, 5.41) is 25.0. The number of aromatic nitrogens is 2. The monoisotopic (exact) mass is 674 g/mol. The first kappa shape index (κ1) is 34.0. The predicted octanol–water partition coefficient (Wildman–Crippen LogP) is 5.11. The number of carbonyl (C=O) groups is 4. The molecule has 1 aliphatic heterocycles. The van der Waals surface area contributed by atoms with E-state index in [2.05, 4.69) is 10.4 Å². The van der Waals surface area contributed by atoms with Crippen LogP contribution in [0.2, 0.25) is 5.02 Å². The summed E-state index contributed by atoms with van der Waals surface area (Å²) in [6.07, 6.45) is 3.57. The number of nitrogens with zero attached hydrogens (tertiary/aromatic N) is 3. The lowest BCUT2D eigenvalue weighted by atomic mass is 10.1. The molecule has 0 saturated heterocycles. The summed E-state index contributed by atoms with van der Waals surface area (Å²) in [4.78, 5) is 50.3. The van der Waals surface area contributed by atoms with Gasteiger partial charge in [0.15, 0.2) is 5.75 Å². The average Bonchev–Trinajstić information content (AvgIpc) is 3.52. The summed E-state index contributed by atoms with van der Waals surface area (Å²) in [7, 11) is 0. The third-order valence-corrected chi connectivity index (χ3v) is 8.52. The molecule has 250 valence electrons. The highest BCUT2D eigenvalue weighted by molar-refractivity contribution is 6.34. The van der Waals surface area contributed by atoms with Crippen molar-refractivity contribution in [1.82, 2.24) is 15.1 Å². The summed E-state index contributed by atoms with van der Waals surface area (Å²) in [6, 6.07) is 14.6. The molecule has 0 aliphatic carbocycles. The van der Waals surface area contributed by atoms with Crippen molar-refractivity contribution in [2.75, 3.05) is 24.7 Å². The molecule has 4 aromatic rings. The van der Waals surface area contributed by atoms with Crippen LogP contribution < -0.4 is 19.7 Å². The number of amides is 2. The fourth-order valence-corrected chi connectivity index (χ4v) is 5.68. The van der Waals surface area contributed by atoms with Crippen LogP contribution in [-0.4, -0.2) is 69.5 Å². The number of carboxylic acid groups (broad SMARTS) is 2. The number of aryl methyl sites for hydroxylation is 1. The van der Waals surface area contributed by atoms with E-state index in [0.717, 1.165) is 28.0 Å². The van der Waals surface area contributed by atoms with Crippen LogP contribution >= 0.6 is 11.6 Å². The van der Waals surface area contributed by atoms with Crippen molar-refractivity contribution in [3.63, 3.8) is 0 Å². The maximum atomic E-state index is 13.3. The molecule has 0 saturated carbocycles. The normalized spacial score (nSPS) is 12.9. The van der Waals surface area contributed by atoms with E-state index < -0.39 is 30.3 Å². The van der Waals surface area contributed by atoms with E-state index in [0.29, 0.717) is 49.6 Å². The first-order chi connectivity index (χ1) is 23.0. The van der Waals surface area contributed by atoms with Gasteiger partial charge >= 0.3 is 11.9 Å². The number of fused-ring (bicyclic) bond motifs is 1. The number of aliphatic carboxylic acids is 2. The Morgan fingerprint density at radius 1 is 1.06 bits per heavy atom. The number of ether oxygens (including phenoxy) is 2. The SMILES string of the molecule is Cc1cccc(OCCCC(=O)N2CCOc3c(-c4cnn(Cc5cccc(C(=O)N[C@@H](CC(=O)O)C(=O)O)c5Cl)c4)cccc32)c1C. The molecular weight excluding hydrogens is 640 g/mol. The molecule has 2 heterocycles. The Labute approximate surface area is 281 Å². The van der Waals surface area contributed by atoms with Gasteiger partial charge in [-0.05, 0) is 55.2 Å². The van der Waals surface area contributed by atoms with Gasteiger partial charge in [-0.1, -0.05) is 48.0 Å². The smallest absolute Gasteiger partial charge is 0.326 e. The fourth-order valence-electron chi connectivity index (χ4n) is 5.41. The Morgan fingerprint density at radius 2 is 1.83 bits per heavy atom. The summed E-state index contributed by atoms with van der Waals surface area (Å²) in [5.74, 6) is -2.26. The zero-order valence-corrected chi connectivity index (χ0v) is 27.2. The Bertz CT molecular complexity index is 1860. The number of halogens is 1. The molecule has 0 fully saturated rings. The molecule has 13 heteroatoms. The van der Waals surface area contributed by atoms with Crippen molar-refractivity contribution in [3.05, 3.63) is 94.3 Å². The van der Waals surface area contributed by atoms with Crippen molar-refractivity contribution in [3.8, 4) is 22.6 Å². The van der Waals surface area contributed by atoms with Gasteiger partial charge in [-0.2, -0.15) is 5.10 Å². The summed E-state index contributed by atoms with van der Waals surface area (Å²) < 4.78 is 13.6. The minimum Gasteiger partial charge on any atom is -0.493 e. The second-order valence-corrected chi connectivity index (χ2v) is 11.7. The number of nitrogens with one attached hydrogen (secondary N) is 1. The summed E-state index contributed by atoms with van der Waals surface area (Å²) in [5.41, 5.74) is 4.96. The minimum atomic E-state index is -1.61. The molecule has 48 heavy (non-hydrogen) atoms. The average molecular weight is 675 g/mol. The second-order valence-electron chi connectivity index (χ2n) is 11.4. The highest BCUT2D eigenvalue weighted by Gasteiger charge is 2.27. The highest BCUT2D eigenvalue weighted by atomic mass is 35.5. The van der Waals surface area contributed by atoms with E-state index in [1.54, 1.807) is 34.1 Å². The topological polar surface area (TPSA) is 160 Å². The van der Waals surface area contributed by atoms with E-state index in [1.165, 1.54) is 6.07 Å². The molecule has 5 rings (SSSR count). The lowest BCUT2D eigenvalue weighted by Crippen LogP contribution is -2.42. The molecule has 3 N–H and O–H groups in total. The predicted molar refractivity (Wildman–Crippen MR) is 178 cm³/mol. The van der Waals surface area contributed by atoms with Gasteiger partial charge < -0.3 is 29.9 Å². The second kappa shape index (κ2) is 15.0. The molecule has 0 radical (unpaired) electrons. The number of para-hydroxylation sites is 1. The van der Waals surface area contributed by atoms with Crippen LogP contribution in [0.25, 0.3) is 11.1 Å². The van der Waals surface area contributed by atoms with Gasteiger partial charge in [0.05, 0.1) is 48.6 Å². The third kappa shape index (κ3) is 7.77. The largest absolute Gasteiger partial charge is 0.493 e. The number of hydrogen-bond donors (Lipinski definition) is 3. The molecule has 3 aromatic carbocycles. The van der Waals surface area contributed by atoms with Crippen molar-refractivity contribution in [2.45, 2.75) is 45.7 Å². The number of carboxylic acids is 2. The van der Waals surface area contributed by atoms with E-state index in [1.807, 2.05) is 50.2 Å². The maximum Gasteiger partial charge on any atom is 0.326 e. The molecule has 1 aliphatic rings. The van der Waals surface area contributed by atoms with E-state index in [4.69, 9.17) is 26.2 Å². The van der Waals surface area contributed by atoms with Crippen LogP contribution in [-0.2, 0) is 20.9 Å². The van der Waals surface area contributed by atoms with Crippen LogP contribution in [0.3, 0.4) is 0 Å². The van der Waals surface area contributed by atoms with Crippen molar-refractivity contribution in [2.24, 2.45) is 0 Å². The lowest BCUT2D eigenvalue weighted by molar-refractivity contribution is -0.145. The quantitative estimate of drug-likeness (QED) is 0.164. The Hall–Kier alpha value is -5.36. The molecule has 0 bridgehead atoms. The Balaban J connectivity index is 1.26. The number of anilines is 1. The molecule has 12 nitrogen and oxygen atoms in total. The minimum absolute atomic E-state index is 0.00492. The van der Waals surface area contributed by atoms with Gasteiger partial charge in [-0.25, -0.2) is 4.79 Å². The summed E-state index contributed by atoms with van der Waals surface area (Å²) in [6.45, 7) is 5.43. The van der Waals surface area contributed by atoms with Crippen LogP contribution in [0.4, 0.5) is 5.69 Å². The van der Waals surface area contributed by atoms with E-state index in [-0.39, 0.29) is 23.0 Å². The number of benzene rings is 3. The molecule has 0 spiro atoms. The number of rotatable bonds is 13. The lowest BCUT2D eigenvalue weighted by Gasteiger charge is -2.31. The zero-order valence-electron chi connectivity index (χ0n) is 26.4. The molecule has 2 amide bonds. The van der Waals surface area contributed by atoms with Crippen LogP contribution in [0.5, 0.6) is 11.5 Å². The first-order valence-electron chi connectivity index (χ1n) is 15.3. The zero-order chi connectivity index (χ0) is 34.4. The van der Waals surface area contributed by atoms with Gasteiger partial charge in [0.1, 0.15) is 18.4 Å². The highest BCUT2D eigenvalue weighted by Crippen LogP contribution is 2.41. The van der Waals surface area contributed by atoms with Crippen LogP contribution in [0.15, 0.2) is 67.0 Å². The van der Waals surface area contributed by atoms with Gasteiger partial charge in [-0.15, -0.1) is 0 Å². The molecule has 0 unspecified atom stereocenters. The Kier molecular flexibility index (Phi) is 10.6. The fraction of sp³-hybridized carbons (Fsp3) is 0.286. The van der Waals surface area contributed by atoms with E-state index in [9.17, 15) is 24.3 Å². The van der Waals surface area contributed by atoms with Gasteiger partial charge in [0.2, 0.25) is 5.91 Å². The summed E-state index contributed by atoms with van der Waals surface area (Å²) >= 11 is 6.55. The third-order valence-electron chi connectivity index (χ3n) is 8.08. The van der Waals surface area contributed by atoms with Crippen molar-refractivity contribution < 1.29 is 38.9 Å². The molecular formula is C35H35ClN4O8. The first-order valence-corrected chi connectivity index (χ1v) is 15.7. The molecule has 1 aromatic heterocycles. The van der Waals surface area contributed by atoms with Crippen molar-refractivity contribution in [1.29, 1.82) is 0 Å². The standard InChI is InChI=1S/C35H35ClN4O8/c1-21-7-3-12-29(22(21)2)47-15-6-13-30(41)40-14-16-48-33-25(9-5-11-28(33)40)24-18-37-39(20-24)19-23-8-4-10-26(32(23)36)34(44)38-27(35(45)46)17-31(42)43/h3-5,7-12,18,20,27H,6,13-17,19H2,1-2H3,(H,38,44)(H,42,43)(H,45,46)/t27-/m0/s1. The van der Waals surface area contributed by atoms with Crippen molar-refractivity contribution >= 4 is 41.0 Å². The number of hydrogen-bond acceptors (Lipinski definition) is 7. The van der Waals surface area contributed by atoms with Crippen LogP contribution in [0.1, 0.15) is 46.3 Å². The van der Waals surface area contributed by atoms with Gasteiger partial charge in [0.25, 0.3) is 5.91 Å². The van der Waals surface area contributed by atoms with E-state index >= 15 is 0 Å². The Morgan fingerprint density at radius 3 is 2.60 bits per heavy atom. The van der Waals surface area contributed by atoms with Crippen LogP contribution in [0, 0.1) is 13.8 Å². The molecule has 1 atom stereocenters. The number of carbonyl (C=O) groups excluding carboxylic acids is 2. The van der Waals surface area contributed by atoms with Gasteiger partial charge in [0, 0.05) is 23.7 Å².